The van der Waals surface area contributed by atoms with Gasteiger partial charge in [-0.05, 0) is 108 Å². The molecule has 2 unspecified atom stereocenters. The summed E-state index contributed by atoms with van der Waals surface area (Å²) in [4.78, 5) is 44.9. The topological polar surface area (TPSA) is 166 Å². The van der Waals surface area contributed by atoms with E-state index in [2.05, 4.69) is 20.5 Å². The molecular formula is C50H53N5O8. The number of piperidine rings is 3. The maximum atomic E-state index is 13.2. The highest BCUT2D eigenvalue weighted by Crippen LogP contribution is 2.32. The second-order valence-corrected chi connectivity index (χ2v) is 16.3. The zero-order chi connectivity index (χ0) is 43.7. The van der Waals surface area contributed by atoms with Crippen LogP contribution in [0.4, 0.5) is 10.5 Å². The third-order valence-corrected chi connectivity index (χ3v) is 12.0. The zero-order valence-corrected chi connectivity index (χ0v) is 35.2. The minimum atomic E-state index is -0.851. The van der Waals surface area contributed by atoms with Gasteiger partial charge in [0.2, 0.25) is 5.56 Å². The number of aliphatic hydroxyl groups excluding tert-OH is 1. The van der Waals surface area contributed by atoms with Crippen LogP contribution in [0.5, 0.6) is 11.5 Å². The third-order valence-electron chi connectivity index (χ3n) is 12.0. The van der Waals surface area contributed by atoms with Gasteiger partial charge < -0.3 is 44.9 Å². The van der Waals surface area contributed by atoms with Gasteiger partial charge in [-0.25, -0.2) is 9.59 Å². The molecule has 5 N–H and O–H groups in total. The number of nitrogens with zero attached hydrogens (tertiary/aromatic N) is 2. The molecule has 2 bridgehead atoms. The van der Waals surface area contributed by atoms with Crippen molar-refractivity contribution in [3.05, 3.63) is 171 Å². The summed E-state index contributed by atoms with van der Waals surface area (Å²) in [6.07, 6.45) is 0.768. The molecule has 5 aromatic carbocycles. The summed E-state index contributed by atoms with van der Waals surface area (Å²) in [5.41, 5.74) is 5.70. The first-order valence-electron chi connectivity index (χ1n) is 21.4. The molecule has 1 amide bonds. The molecule has 0 saturated carbocycles. The molecular weight excluding hydrogens is 799 g/mol. The number of fused-ring (bicyclic) bond motifs is 4. The summed E-state index contributed by atoms with van der Waals surface area (Å²) < 4.78 is 17.8. The largest absolute Gasteiger partial charge is 0.506 e. The number of phenolic OH excluding ortho intramolecular Hbond substituents is 1. The molecule has 1 aromatic heterocycles. The number of nitrogens with one attached hydrogen (secondary N) is 3. The molecule has 3 atom stereocenters. The Bertz CT molecular complexity index is 2540. The Morgan fingerprint density at radius 1 is 0.873 bits per heavy atom. The van der Waals surface area contributed by atoms with Crippen molar-refractivity contribution < 1.29 is 34.0 Å². The maximum Gasteiger partial charge on any atom is 0.408 e. The van der Waals surface area contributed by atoms with Gasteiger partial charge >= 0.3 is 12.1 Å². The Labute approximate surface area is 366 Å². The number of hydrogen-bond donors (Lipinski definition) is 5. The molecule has 3 fully saturated rings. The Kier molecular flexibility index (Phi) is 13.7. The van der Waals surface area contributed by atoms with E-state index in [0.717, 1.165) is 60.4 Å². The Balaban J connectivity index is 0.775. The number of pyridine rings is 1. The first-order valence-corrected chi connectivity index (χ1v) is 21.4. The van der Waals surface area contributed by atoms with Crippen LogP contribution in [0.2, 0.25) is 0 Å². The van der Waals surface area contributed by atoms with Crippen LogP contribution >= 0.6 is 0 Å². The number of benzene rings is 5. The number of aromatic hydroxyl groups is 1. The van der Waals surface area contributed by atoms with Gasteiger partial charge in [0.05, 0.1) is 29.8 Å². The molecule has 4 heterocycles. The monoisotopic (exact) mass is 851 g/mol. The molecule has 0 spiro atoms. The van der Waals surface area contributed by atoms with Crippen LogP contribution < -0.4 is 25.8 Å². The molecule has 9 rings (SSSR count). The number of ether oxygens (including phenoxy) is 3. The van der Waals surface area contributed by atoms with Crippen molar-refractivity contribution in [2.75, 3.05) is 51.3 Å². The van der Waals surface area contributed by atoms with Gasteiger partial charge in [-0.2, -0.15) is 0 Å². The van der Waals surface area contributed by atoms with E-state index in [-0.39, 0.29) is 37.2 Å². The summed E-state index contributed by atoms with van der Waals surface area (Å²) >= 11 is 0. The highest BCUT2D eigenvalue weighted by Gasteiger charge is 2.37. The molecule has 3 saturated heterocycles. The number of hydrogen-bond acceptors (Lipinski definition) is 11. The van der Waals surface area contributed by atoms with Crippen LogP contribution in [0.15, 0.2) is 132 Å². The van der Waals surface area contributed by atoms with Crippen molar-refractivity contribution in [3.63, 3.8) is 0 Å². The molecule has 63 heavy (non-hydrogen) atoms. The average Bonchev–Trinajstić information content (AvgIpc) is 3.31. The number of anilines is 1. The van der Waals surface area contributed by atoms with Gasteiger partial charge in [-0.3, -0.25) is 9.69 Å². The second-order valence-electron chi connectivity index (χ2n) is 16.3. The van der Waals surface area contributed by atoms with E-state index in [1.165, 1.54) is 12.1 Å². The highest BCUT2D eigenvalue weighted by atomic mass is 16.6. The van der Waals surface area contributed by atoms with Crippen molar-refractivity contribution in [2.45, 2.75) is 44.2 Å². The Hall–Kier alpha value is -6.67. The van der Waals surface area contributed by atoms with E-state index < -0.39 is 24.2 Å². The van der Waals surface area contributed by atoms with Crippen molar-refractivity contribution >= 4 is 28.7 Å². The van der Waals surface area contributed by atoms with Gasteiger partial charge in [0.25, 0.3) is 0 Å². The van der Waals surface area contributed by atoms with Gasteiger partial charge in [0.15, 0.2) is 0 Å². The molecule has 3 aliphatic heterocycles. The molecule has 13 heteroatoms. The summed E-state index contributed by atoms with van der Waals surface area (Å²) in [6, 6.07) is 38.3. The van der Waals surface area contributed by atoms with Crippen molar-refractivity contribution in [1.29, 1.82) is 0 Å². The van der Waals surface area contributed by atoms with Gasteiger partial charge in [-0.1, -0.05) is 72.8 Å². The van der Waals surface area contributed by atoms with E-state index >= 15 is 0 Å². The number of aromatic amines is 1. The molecule has 326 valence electrons. The number of alkyl carbamates (subject to hydrolysis) is 1. The summed E-state index contributed by atoms with van der Waals surface area (Å²) in [6.45, 7) is 4.72. The molecule has 0 aliphatic carbocycles. The second kappa shape index (κ2) is 20.0. The first kappa shape index (κ1) is 43.0. The van der Waals surface area contributed by atoms with Crippen molar-refractivity contribution in [2.24, 2.45) is 5.92 Å². The lowest BCUT2D eigenvalue weighted by atomic mass is 9.86. The predicted molar refractivity (Wildman–Crippen MR) is 241 cm³/mol. The van der Waals surface area contributed by atoms with Crippen LogP contribution in [0.25, 0.3) is 10.9 Å². The smallest absolute Gasteiger partial charge is 0.408 e. The highest BCUT2D eigenvalue weighted by molar-refractivity contribution is 5.89. The number of aliphatic hydroxyl groups is 1. The first-order chi connectivity index (χ1) is 30.7. The lowest BCUT2D eigenvalue weighted by Gasteiger charge is -2.43. The minimum absolute atomic E-state index is 0.0498. The van der Waals surface area contributed by atoms with Gasteiger partial charge in [0.1, 0.15) is 30.8 Å². The Morgan fingerprint density at radius 2 is 1.62 bits per heavy atom. The number of H-pyrrole nitrogens is 1. The van der Waals surface area contributed by atoms with E-state index in [4.69, 9.17) is 14.2 Å². The molecule has 13 nitrogen and oxygen atoms in total. The average molecular weight is 852 g/mol. The minimum Gasteiger partial charge on any atom is -0.506 e. The fraction of sp³-hybridized carbons (Fsp3) is 0.300. The summed E-state index contributed by atoms with van der Waals surface area (Å²) in [5.74, 6) is 0.607. The zero-order valence-electron chi connectivity index (χ0n) is 35.2. The fourth-order valence-electron chi connectivity index (χ4n) is 8.39. The number of phenols is 1. The van der Waals surface area contributed by atoms with Gasteiger partial charge in [0, 0.05) is 43.8 Å². The van der Waals surface area contributed by atoms with Crippen molar-refractivity contribution in [1.82, 2.24) is 20.5 Å². The lowest BCUT2D eigenvalue weighted by molar-refractivity contribution is -0.0336. The number of likely N-dealkylation sites (N-methyl/N-ethyl adjacent to an activating group) is 1. The normalized spacial score (nSPS) is 17.7. The van der Waals surface area contributed by atoms with Crippen molar-refractivity contribution in [3.8, 4) is 11.5 Å². The molecule has 0 radical (unpaired) electrons. The van der Waals surface area contributed by atoms with Gasteiger partial charge in [-0.15, -0.1) is 0 Å². The van der Waals surface area contributed by atoms with Crippen LogP contribution in [0, 0.1) is 5.92 Å². The quantitative estimate of drug-likeness (QED) is 0.0611. The molecule has 6 aromatic rings. The maximum absolute atomic E-state index is 13.2. The summed E-state index contributed by atoms with van der Waals surface area (Å²) in [7, 11) is 1.93. The number of amides is 1. The fourth-order valence-corrected chi connectivity index (χ4v) is 8.39. The predicted octanol–water partition coefficient (Wildman–Crippen LogP) is 6.84. The van der Waals surface area contributed by atoms with Crippen LogP contribution in [0.1, 0.15) is 63.2 Å². The third kappa shape index (κ3) is 10.9. The Morgan fingerprint density at radius 3 is 2.37 bits per heavy atom. The number of esters is 1. The number of rotatable bonds is 17. The van der Waals surface area contributed by atoms with Crippen LogP contribution in [-0.4, -0.2) is 84.6 Å². The van der Waals surface area contributed by atoms with Crippen LogP contribution in [0.3, 0.4) is 0 Å². The standard InChI is InChI=1S/C50H53N5O8/c1-54(39-16-12-33(13-17-39)29-51-30-44(57)41-18-20-43(56)48-42(41)19-21-46(58)52-48)26-27-61-49(59)37-14-10-34(11-15-37)32-62-40-9-5-8-38(28-40)47(36-6-3-2-4-7-36)53-50(60)63-45-31-55-24-22-35(45)23-25-55/h2-21,28,35,44-45,47,51,56-57H,22-27,29-32H2,1H3,(H,52,58)(H,53,60)/t44?,45-,47?/m0/s1. The van der Waals surface area contributed by atoms with E-state index in [1.807, 2.05) is 103 Å². The number of aromatic nitrogens is 1. The molecule has 3 aliphatic rings. The lowest BCUT2D eigenvalue weighted by Crippen LogP contribution is -2.52. The summed E-state index contributed by atoms with van der Waals surface area (Å²) in [5, 5.41) is 28.0. The van der Waals surface area contributed by atoms with E-state index in [1.54, 1.807) is 24.3 Å². The van der Waals surface area contributed by atoms with E-state index in [0.29, 0.717) is 46.8 Å². The number of carbonyl (C=O) groups is 2. The van der Waals surface area contributed by atoms with E-state index in [9.17, 15) is 24.6 Å². The SMILES string of the molecule is CN(CCOC(=O)c1ccc(COc2cccc(C(NC(=O)O[C@H]3CN4CCC3CC4)c3ccccc3)c2)cc1)c1ccc(CNCC(O)c2ccc(O)c3[nH]c(=O)ccc23)cc1. The van der Waals surface area contributed by atoms with Crippen LogP contribution in [-0.2, 0) is 22.6 Å². The number of carbonyl (C=O) groups excluding carboxylic acids is 2.